The number of hydrogen-bond donors (Lipinski definition) is 0. The fraction of sp³-hybridized carbons (Fsp3) is 0.615. The van der Waals surface area contributed by atoms with E-state index in [9.17, 15) is 4.79 Å². The zero-order chi connectivity index (χ0) is 11.8. The van der Waals surface area contributed by atoms with Crippen molar-refractivity contribution < 1.29 is 14.3 Å². The van der Waals surface area contributed by atoms with E-state index in [0.29, 0.717) is 5.92 Å². The van der Waals surface area contributed by atoms with E-state index in [2.05, 4.69) is 6.58 Å². The van der Waals surface area contributed by atoms with Crippen molar-refractivity contribution in [3.63, 3.8) is 0 Å². The Kier molecular flexibility index (Phi) is 5.68. The Morgan fingerprint density at radius 3 is 2.62 bits per heavy atom. The zero-order valence-corrected chi connectivity index (χ0v) is 9.91. The monoisotopic (exact) mass is 224 g/mol. The van der Waals surface area contributed by atoms with Crippen molar-refractivity contribution in [1.82, 2.24) is 0 Å². The lowest BCUT2D eigenvalue weighted by molar-refractivity contribution is 0.0756. The lowest BCUT2D eigenvalue weighted by atomic mass is 9.88. The lowest BCUT2D eigenvalue weighted by Gasteiger charge is -2.23. The predicted molar refractivity (Wildman–Crippen MR) is 63.0 cm³/mol. The summed E-state index contributed by atoms with van der Waals surface area (Å²) >= 11 is 0. The van der Waals surface area contributed by atoms with Crippen LogP contribution in [0.1, 0.15) is 39.0 Å². The van der Waals surface area contributed by atoms with Gasteiger partial charge in [0.15, 0.2) is 0 Å². The van der Waals surface area contributed by atoms with Gasteiger partial charge >= 0.3 is 6.16 Å². The largest absolute Gasteiger partial charge is 0.513 e. The van der Waals surface area contributed by atoms with Crippen molar-refractivity contribution in [3.8, 4) is 0 Å². The quantitative estimate of drug-likeness (QED) is 0.414. The minimum absolute atomic E-state index is 0.195. The first-order valence-corrected chi connectivity index (χ1v) is 5.89. The van der Waals surface area contributed by atoms with Crippen LogP contribution < -0.4 is 0 Å². The molecule has 1 aliphatic carbocycles. The molecule has 0 aromatic carbocycles. The van der Waals surface area contributed by atoms with E-state index in [1.807, 2.05) is 13.0 Å². The summed E-state index contributed by atoms with van der Waals surface area (Å²) in [5, 5.41) is 0. The third-order valence-electron chi connectivity index (χ3n) is 2.81. The van der Waals surface area contributed by atoms with Gasteiger partial charge in [0.2, 0.25) is 0 Å². The van der Waals surface area contributed by atoms with E-state index in [1.165, 1.54) is 25.3 Å². The molecule has 16 heavy (non-hydrogen) atoms. The molecular weight excluding hydrogens is 204 g/mol. The van der Waals surface area contributed by atoms with Crippen LogP contribution in [0, 0.1) is 5.92 Å². The first-order valence-electron chi connectivity index (χ1n) is 5.89. The minimum Gasteiger partial charge on any atom is -0.430 e. The van der Waals surface area contributed by atoms with Gasteiger partial charge in [0.25, 0.3) is 0 Å². The molecule has 1 aliphatic rings. The summed E-state index contributed by atoms with van der Waals surface area (Å²) in [5.41, 5.74) is 0. The van der Waals surface area contributed by atoms with Crippen molar-refractivity contribution in [2.24, 2.45) is 5.92 Å². The second-order valence-electron chi connectivity index (χ2n) is 3.98. The lowest BCUT2D eigenvalue weighted by Crippen LogP contribution is -2.15. The Hall–Kier alpha value is -1.25. The maximum Gasteiger partial charge on any atom is 0.513 e. The first kappa shape index (κ1) is 12.8. The molecule has 0 radical (unpaired) electrons. The summed E-state index contributed by atoms with van der Waals surface area (Å²) in [5.74, 6) is 1.14. The van der Waals surface area contributed by atoms with Gasteiger partial charge in [-0.15, -0.1) is 0 Å². The third-order valence-corrected chi connectivity index (χ3v) is 2.81. The Morgan fingerprint density at radius 2 is 2.06 bits per heavy atom. The molecule has 0 heterocycles. The van der Waals surface area contributed by atoms with Crippen LogP contribution in [0.3, 0.4) is 0 Å². The molecule has 0 unspecified atom stereocenters. The van der Waals surface area contributed by atoms with Gasteiger partial charge < -0.3 is 9.47 Å². The number of carbonyl (C=O) groups is 1. The number of rotatable bonds is 4. The highest BCUT2D eigenvalue weighted by molar-refractivity contribution is 5.61. The van der Waals surface area contributed by atoms with Gasteiger partial charge in [-0.2, -0.15) is 0 Å². The molecule has 0 spiro atoms. The fourth-order valence-electron chi connectivity index (χ4n) is 2.02. The highest BCUT2D eigenvalue weighted by atomic mass is 16.7. The Morgan fingerprint density at radius 1 is 1.38 bits per heavy atom. The average Bonchev–Trinajstić information content (AvgIpc) is 2.34. The molecule has 0 N–H and O–H groups in total. The van der Waals surface area contributed by atoms with E-state index in [4.69, 9.17) is 9.47 Å². The SMILES string of the molecule is C=CCOC(=O)O/C(=C/C)C1CCCCC1. The topological polar surface area (TPSA) is 35.5 Å². The minimum atomic E-state index is -0.626. The van der Waals surface area contributed by atoms with Gasteiger partial charge in [-0.3, -0.25) is 0 Å². The fourth-order valence-corrected chi connectivity index (χ4v) is 2.02. The molecule has 90 valence electrons. The van der Waals surface area contributed by atoms with Crippen molar-refractivity contribution >= 4 is 6.16 Å². The molecular formula is C13H20O3. The molecule has 0 aliphatic heterocycles. The van der Waals surface area contributed by atoms with Crippen molar-refractivity contribution in [2.75, 3.05) is 6.61 Å². The van der Waals surface area contributed by atoms with Crippen LogP contribution in [-0.4, -0.2) is 12.8 Å². The Bertz CT molecular complexity index is 262. The van der Waals surface area contributed by atoms with Gasteiger partial charge in [-0.1, -0.05) is 31.9 Å². The summed E-state index contributed by atoms with van der Waals surface area (Å²) < 4.78 is 9.99. The van der Waals surface area contributed by atoms with Gasteiger partial charge in [-0.05, 0) is 25.8 Å². The van der Waals surface area contributed by atoms with Gasteiger partial charge in [0, 0.05) is 5.92 Å². The summed E-state index contributed by atoms with van der Waals surface area (Å²) in [6, 6.07) is 0. The molecule has 1 rings (SSSR count). The summed E-state index contributed by atoms with van der Waals surface area (Å²) in [4.78, 5) is 11.3. The molecule has 3 nitrogen and oxygen atoms in total. The number of allylic oxidation sites excluding steroid dienone is 2. The van der Waals surface area contributed by atoms with E-state index in [0.717, 1.165) is 18.6 Å². The highest BCUT2D eigenvalue weighted by Gasteiger charge is 2.21. The van der Waals surface area contributed by atoms with Gasteiger partial charge in [-0.25, -0.2) is 4.79 Å². The number of hydrogen-bond acceptors (Lipinski definition) is 3. The second kappa shape index (κ2) is 7.09. The van der Waals surface area contributed by atoms with Crippen molar-refractivity contribution in [3.05, 3.63) is 24.5 Å². The van der Waals surface area contributed by atoms with E-state index in [-0.39, 0.29) is 6.61 Å². The first-order chi connectivity index (χ1) is 7.77. The van der Waals surface area contributed by atoms with Crippen LogP contribution in [-0.2, 0) is 9.47 Å². The molecule has 1 saturated carbocycles. The van der Waals surface area contributed by atoms with Crippen molar-refractivity contribution in [1.29, 1.82) is 0 Å². The van der Waals surface area contributed by atoms with Crippen LogP contribution in [0.4, 0.5) is 4.79 Å². The normalized spacial score (nSPS) is 17.9. The summed E-state index contributed by atoms with van der Waals surface area (Å²) in [7, 11) is 0. The summed E-state index contributed by atoms with van der Waals surface area (Å²) in [6.07, 6.45) is 8.69. The Balaban J connectivity index is 2.41. The Labute approximate surface area is 97.1 Å². The van der Waals surface area contributed by atoms with Crippen molar-refractivity contribution in [2.45, 2.75) is 39.0 Å². The van der Waals surface area contributed by atoms with Gasteiger partial charge in [0.1, 0.15) is 12.4 Å². The molecule has 0 aromatic heterocycles. The summed E-state index contributed by atoms with van der Waals surface area (Å²) in [6.45, 7) is 5.56. The molecule has 0 aromatic rings. The smallest absolute Gasteiger partial charge is 0.430 e. The standard InChI is InChI=1S/C13H20O3/c1-3-10-15-13(14)16-12(4-2)11-8-6-5-7-9-11/h3-4,11H,1,5-10H2,2H3/b12-4+. The molecule has 1 fully saturated rings. The van der Waals surface area contributed by atoms with E-state index >= 15 is 0 Å². The highest BCUT2D eigenvalue weighted by Crippen LogP contribution is 2.30. The predicted octanol–water partition coefficient (Wildman–Crippen LogP) is 3.81. The van der Waals surface area contributed by atoms with Crippen LogP contribution >= 0.6 is 0 Å². The van der Waals surface area contributed by atoms with Crippen LogP contribution in [0.25, 0.3) is 0 Å². The third kappa shape index (κ3) is 4.09. The van der Waals surface area contributed by atoms with E-state index in [1.54, 1.807) is 0 Å². The zero-order valence-electron chi connectivity index (χ0n) is 9.91. The molecule has 0 saturated heterocycles. The second-order valence-corrected chi connectivity index (χ2v) is 3.98. The van der Waals surface area contributed by atoms with Gasteiger partial charge in [0.05, 0.1) is 0 Å². The molecule has 0 atom stereocenters. The molecule has 0 bridgehead atoms. The van der Waals surface area contributed by atoms with Crippen LogP contribution in [0.15, 0.2) is 24.5 Å². The average molecular weight is 224 g/mol. The maximum absolute atomic E-state index is 11.3. The van der Waals surface area contributed by atoms with E-state index < -0.39 is 6.16 Å². The number of ether oxygens (including phenoxy) is 2. The van der Waals surface area contributed by atoms with Crippen LogP contribution in [0.2, 0.25) is 0 Å². The maximum atomic E-state index is 11.3. The van der Waals surface area contributed by atoms with Crippen LogP contribution in [0.5, 0.6) is 0 Å². The molecule has 0 amide bonds. The molecule has 3 heteroatoms. The number of carbonyl (C=O) groups excluding carboxylic acids is 1.